The van der Waals surface area contributed by atoms with Gasteiger partial charge >= 0.3 is 12.1 Å². The highest BCUT2D eigenvalue weighted by Gasteiger charge is 2.20. The quantitative estimate of drug-likeness (QED) is 0.627. The van der Waals surface area contributed by atoms with Gasteiger partial charge in [-0.25, -0.2) is 9.59 Å². The van der Waals surface area contributed by atoms with Crippen molar-refractivity contribution in [2.75, 3.05) is 6.54 Å². The van der Waals surface area contributed by atoms with Gasteiger partial charge < -0.3 is 20.5 Å². The highest BCUT2D eigenvalue weighted by atomic mass is 16.5. The van der Waals surface area contributed by atoms with Crippen molar-refractivity contribution >= 4 is 18.0 Å². The summed E-state index contributed by atoms with van der Waals surface area (Å²) in [5.74, 6) is -1.57. The molecule has 7 nitrogen and oxygen atoms in total. The molecule has 2 rings (SSSR count). The number of amides is 2. The van der Waals surface area contributed by atoms with E-state index in [1.54, 1.807) is 24.3 Å². The Labute approximate surface area is 157 Å². The zero-order valence-electron chi connectivity index (χ0n) is 14.8. The summed E-state index contributed by atoms with van der Waals surface area (Å²) in [7, 11) is 0. The van der Waals surface area contributed by atoms with Gasteiger partial charge in [-0.15, -0.1) is 0 Å². The standard InChI is InChI=1S/C20H22N2O5/c23-18(22-17(19(24)25)13-15-7-3-1-4-8-15)11-12-21-20(26)27-14-16-9-5-2-6-10-16/h1-10,17H,11-14H2,(H,21,26)(H,22,23)(H,24,25)/t17-/m0/s1. The number of carboxylic acids is 1. The van der Waals surface area contributed by atoms with Gasteiger partial charge in [-0.05, 0) is 11.1 Å². The summed E-state index contributed by atoms with van der Waals surface area (Å²) in [6, 6.07) is 17.2. The van der Waals surface area contributed by atoms with Crippen molar-refractivity contribution < 1.29 is 24.2 Å². The zero-order chi connectivity index (χ0) is 19.5. The van der Waals surface area contributed by atoms with Crippen molar-refractivity contribution in [1.29, 1.82) is 0 Å². The van der Waals surface area contributed by atoms with Crippen LogP contribution in [0.2, 0.25) is 0 Å². The second kappa shape index (κ2) is 10.6. The Hall–Kier alpha value is -3.35. The molecule has 27 heavy (non-hydrogen) atoms. The Morgan fingerprint density at radius 1 is 0.926 bits per heavy atom. The van der Waals surface area contributed by atoms with Gasteiger partial charge in [0.1, 0.15) is 12.6 Å². The van der Waals surface area contributed by atoms with Crippen LogP contribution < -0.4 is 10.6 Å². The molecule has 0 radical (unpaired) electrons. The maximum absolute atomic E-state index is 11.9. The van der Waals surface area contributed by atoms with Crippen LogP contribution in [0.5, 0.6) is 0 Å². The monoisotopic (exact) mass is 370 g/mol. The first-order valence-corrected chi connectivity index (χ1v) is 8.55. The number of carboxylic acid groups (broad SMARTS) is 1. The minimum absolute atomic E-state index is 0.0427. The van der Waals surface area contributed by atoms with Gasteiger partial charge in [0, 0.05) is 19.4 Å². The number of hydrogen-bond donors (Lipinski definition) is 3. The van der Waals surface area contributed by atoms with Crippen LogP contribution in [0.3, 0.4) is 0 Å². The Balaban J connectivity index is 1.69. The van der Waals surface area contributed by atoms with Crippen molar-refractivity contribution in [3.63, 3.8) is 0 Å². The van der Waals surface area contributed by atoms with Gasteiger partial charge in [-0.3, -0.25) is 4.79 Å². The van der Waals surface area contributed by atoms with Crippen molar-refractivity contribution in [3.8, 4) is 0 Å². The Bertz CT molecular complexity index is 749. The number of carbonyl (C=O) groups is 3. The van der Waals surface area contributed by atoms with Crippen LogP contribution in [0.15, 0.2) is 60.7 Å². The molecule has 0 saturated carbocycles. The van der Waals surface area contributed by atoms with Gasteiger partial charge in [0.2, 0.25) is 5.91 Å². The van der Waals surface area contributed by atoms with Crippen LogP contribution in [-0.2, 0) is 27.4 Å². The molecular weight excluding hydrogens is 348 g/mol. The summed E-state index contributed by atoms with van der Waals surface area (Å²) in [4.78, 5) is 34.9. The third-order valence-electron chi connectivity index (χ3n) is 3.75. The van der Waals surface area contributed by atoms with Crippen LogP contribution in [0.25, 0.3) is 0 Å². The molecule has 0 aromatic heterocycles. The van der Waals surface area contributed by atoms with E-state index in [2.05, 4.69) is 10.6 Å². The first kappa shape index (κ1) is 20.0. The van der Waals surface area contributed by atoms with Crippen molar-refractivity contribution in [3.05, 3.63) is 71.8 Å². The summed E-state index contributed by atoms with van der Waals surface area (Å²) >= 11 is 0. The number of carbonyl (C=O) groups excluding carboxylic acids is 2. The molecule has 3 N–H and O–H groups in total. The largest absolute Gasteiger partial charge is 0.480 e. The van der Waals surface area contributed by atoms with E-state index < -0.39 is 24.0 Å². The maximum Gasteiger partial charge on any atom is 0.407 e. The van der Waals surface area contributed by atoms with Gasteiger partial charge in [-0.1, -0.05) is 60.7 Å². The second-order valence-corrected chi connectivity index (χ2v) is 5.89. The van der Waals surface area contributed by atoms with Crippen molar-refractivity contribution in [1.82, 2.24) is 10.6 Å². The topological polar surface area (TPSA) is 105 Å². The molecule has 142 valence electrons. The zero-order valence-corrected chi connectivity index (χ0v) is 14.8. The fraction of sp³-hybridized carbons (Fsp3) is 0.250. The number of hydrogen-bond acceptors (Lipinski definition) is 4. The molecule has 7 heteroatoms. The van der Waals surface area contributed by atoms with E-state index in [-0.39, 0.29) is 26.0 Å². The molecule has 0 aliphatic carbocycles. The molecule has 0 unspecified atom stereocenters. The van der Waals surface area contributed by atoms with Crippen LogP contribution >= 0.6 is 0 Å². The molecule has 0 fully saturated rings. The number of aliphatic carboxylic acids is 1. The molecule has 2 aromatic carbocycles. The van der Waals surface area contributed by atoms with Crippen LogP contribution in [-0.4, -0.2) is 35.7 Å². The smallest absolute Gasteiger partial charge is 0.407 e. The molecule has 0 bridgehead atoms. The number of benzene rings is 2. The first-order chi connectivity index (χ1) is 13.0. The minimum Gasteiger partial charge on any atom is -0.480 e. The van der Waals surface area contributed by atoms with Gasteiger partial charge in [0.25, 0.3) is 0 Å². The predicted octanol–water partition coefficient (Wildman–Crippen LogP) is 2.12. The molecule has 0 spiro atoms. The lowest BCUT2D eigenvalue weighted by atomic mass is 10.1. The van der Waals surface area contributed by atoms with E-state index in [1.807, 2.05) is 36.4 Å². The molecule has 0 aliphatic heterocycles. The van der Waals surface area contributed by atoms with Crippen LogP contribution in [0.1, 0.15) is 17.5 Å². The SMILES string of the molecule is O=C(CCNC(=O)OCc1ccccc1)N[C@@H](Cc1ccccc1)C(=O)O. The Kier molecular flexibility index (Phi) is 7.84. The normalized spacial score (nSPS) is 11.3. The van der Waals surface area contributed by atoms with Crippen LogP contribution in [0.4, 0.5) is 4.79 Å². The average Bonchev–Trinajstić information content (AvgIpc) is 2.67. The molecular formula is C20H22N2O5. The molecule has 0 aliphatic rings. The summed E-state index contributed by atoms with van der Waals surface area (Å²) in [6.45, 7) is 0.189. The fourth-order valence-electron chi connectivity index (χ4n) is 2.37. The Morgan fingerprint density at radius 2 is 1.52 bits per heavy atom. The maximum atomic E-state index is 11.9. The number of ether oxygens (including phenoxy) is 1. The number of alkyl carbamates (subject to hydrolysis) is 1. The van der Waals surface area contributed by atoms with E-state index in [1.165, 1.54) is 0 Å². The summed E-state index contributed by atoms with van der Waals surface area (Å²) in [5, 5.41) is 14.2. The minimum atomic E-state index is -1.11. The average molecular weight is 370 g/mol. The van der Waals surface area contributed by atoms with Crippen molar-refractivity contribution in [2.24, 2.45) is 0 Å². The third-order valence-corrected chi connectivity index (χ3v) is 3.75. The van der Waals surface area contributed by atoms with Crippen LogP contribution in [0, 0.1) is 0 Å². The molecule has 1 atom stereocenters. The highest BCUT2D eigenvalue weighted by Crippen LogP contribution is 2.04. The highest BCUT2D eigenvalue weighted by molar-refractivity contribution is 5.84. The van der Waals surface area contributed by atoms with E-state index in [0.717, 1.165) is 11.1 Å². The molecule has 0 saturated heterocycles. The molecule has 2 aromatic rings. The molecule has 0 heterocycles. The number of rotatable bonds is 9. The summed E-state index contributed by atoms with van der Waals surface area (Å²) in [6.07, 6.45) is -0.487. The summed E-state index contributed by atoms with van der Waals surface area (Å²) < 4.78 is 5.03. The summed E-state index contributed by atoms with van der Waals surface area (Å²) in [5.41, 5.74) is 1.67. The van der Waals surface area contributed by atoms with Gasteiger partial charge in [0.05, 0.1) is 0 Å². The Morgan fingerprint density at radius 3 is 2.11 bits per heavy atom. The first-order valence-electron chi connectivity index (χ1n) is 8.55. The van der Waals surface area contributed by atoms with E-state index in [4.69, 9.17) is 4.74 Å². The third kappa shape index (κ3) is 7.60. The lowest BCUT2D eigenvalue weighted by Gasteiger charge is -2.15. The number of nitrogens with one attached hydrogen (secondary N) is 2. The molecule has 2 amide bonds. The second-order valence-electron chi connectivity index (χ2n) is 5.89. The van der Waals surface area contributed by atoms with E-state index in [9.17, 15) is 19.5 Å². The van der Waals surface area contributed by atoms with Gasteiger partial charge in [-0.2, -0.15) is 0 Å². The fourth-order valence-corrected chi connectivity index (χ4v) is 2.37. The van der Waals surface area contributed by atoms with Crippen molar-refractivity contribution in [2.45, 2.75) is 25.5 Å². The van der Waals surface area contributed by atoms with E-state index >= 15 is 0 Å². The van der Waals surface area contributed by atoms with Gasteiger partial charge in [0.15, 0.2) is 0 Å². The van der Waals surface area contributed by atoms with E-state index in [0.29, 0.717) is 0 Å². The lowest BCUT2D eigenvalue weighted by molar-refractivity contribution is -0.141. The predicted molar refractivity (Wildman–Crippen MR) is 99.0 cm³/mol. The lowest BCUT2D eigenvalue weighted by Crippen LogP contribution is -2.43.